The molecule has 0 bridgehead atoms. The molecule has 29 heavy (non-hydrogen) atoms. The topological polar surface area (TPSA) is 63.6 Å². The van der Waals surface area contributed by atoms with Gasteiger partial charge in [0.25, 0.3) is 5.91 Å². The van der Waals surface area contributed by atoms with E-state index in [-0.39, 0.29) is 18.0 Å². The average Bonchev–Trinajstić information content (AvgIpc) is 3.23. The second-order valence-electron chi connectivity index (χ2n) is 6.28. The molecular formula is C21H19Cl2N3O3. The Balaban J connectivity index is 1.77. The molecule has 3 rings (SSSR count). The molecule has 1 N–H and O–H groups in total. The van der Waals surface area contributed by atoms with E-state index in [0.717, 1.165) is 0 Å². The number of benzene rings is 2. The molecule has 0 atom stereocenters. The predicted molar refractivity (Wildman–Crippen MR) is 114 cm³/mol. The zero-order chi connectivity index (χ0) is 21.0. The Labute approximate surface area is 178 Å². The first-order valence-electron chi connectivity index (χ1n) is 8.71. The SMILES string of the molecule is COc1cc(-n2cccc2)c(Cl)cc1C(=O)N(C)CC(=O)Nc1ccccc1Cl. The van der Waals surface area contributed by atoms with Gasteiger partial charge in [-0.25, -0.2) is 0 Å². The number of ether oxygens (including phenoxy) is 1. The second-order valence-corrected chi connectivity index (χ2v) is 7.10. The summed E-state index contributed by atoms with van der Waals surface area (Å²) in [5.74, 6) is -0.401. The summed E-state index contributed by atoms with van der Waals surface area (Å²) in [6.45, 7) is -0.163. The van der Waals surface area contributed by atoms with E-state index in [1.165, 1.54) is 19.1 Å². The number of aromatic nitrogens is 1. The molecule has 0 aliphatic carbocycles. The lowest BCUT2D eigenvalue weighted by molar-refractivity contribution is -0.116. The molecule has 1 aromatic heterocycles. The maximum atomic E-state index is 12.9. The van der Waals surface area contributed by atoms with Crippen molar-refractivity contribution in [3.63, 3.8) is 0 Å². The van der Waals surface area contributed by atoms with Gasteiger partial charge in [-0.05, 0) is 30.3 Å². The van der Waals surface area contributed by atoms with E-state index in [1.807, 2.05) is 29.1 Å². The van der Waals surface area contributed by atoms with Crippen LogP contribution in [0, 0.1) is 0 Å². The van der Waals surface area contributed by atoms with Crippen molar-refractivity contribution in [1.29, 1.82) is 0 Å². The van der Waals surface area contributed by atoms with E-state index in [4.69, 9.17) is 27.9 Å². The molecule has 0 spiro atoms. The van der Waals surface area contributed by atoms with Crippen LogP contribution in [0.2, 0.25) is 10.0 Å². The highest BCUT2D eigenvalue weighted by molar-refractivity contribution is 6.34. The van der Waals surface area contributed by atoms with Crippen LogP contribution in [-0.2, 0) is 4.79 Å². The Kier molecular flexibility index (Phi) is 6.46. The predicted octanol–water partition coefficient (Wildman–Crippen LogP) is 4.50. The minimum atomic E-state index is -0.392. The lowest BCUT2D eigenvalue weighted by atomic mass is 10.1. The Morgan fingerprint density at radius 3 is 2.41 bits per heavy atom. The Morgan fingerprint density at radius 2 is 1.76 bits per heavy atom. The molecule has 2 amide bonds. The van der Waals surface area contributed by atoms with Crippen LogP contribution < -0.4 is 10.1 Å². The van der Waals surface area contributed by atoms with Gasteiger partial charge in [0.05, 0.1) is 40.6 Å². The molecule has 150 valence electrons. The number of hydrogen-bond donors (Lipinski definition) is 1. The number of hydrogen-bond acceptors (Lipinski definition) is 3. The van der Waals surface area contributed by atoms with E-state index in [0.29, 0.717) is 27.2 Å². The number of rotatable bonds is 6. The normalized spacial score (nSPS) is 10.5. The largest absolute Gasteiger partial charge is 0.496 e. The number of halogens is 2. The van der Waals surface area contributed by atoms with Crippen molar-refractivity contribution in [3.8, 4) is 11.4 Å². The maximum absolute atomic E-state index is 12.9. The standard InChI is InChI=1S/C21H19Cl2N3O3/c1-25(13-20(27)24-17-8-4-3-7-15(17)22)21(28)14-11-16(23)18(12-19(14)29-2)26-9-5-6-10-26/h3-12H,13H2,1-2H3,(H,24,27). The lowest BCUT2D eigenvalue weighted by Gasteiger charge is -2.20. The van der Waals surface area contributed by atoms with Crippen LogP contribution in [0.5, 0.6) is 5.75 Å². The Morgan fingerprint density at radius 1 is 1.07 bits per heavy atom. The molecule has 0 unspecified atom stereocenters. The van der Waals surface area contributed by atoms with Crippen LogP contribution in [0.4, 0.5) is 5.69 Å². The van der Waals surface area contributed by atoms with Crippen molar-refractivity contribution in [2.75, 3.05) is 26.0 Å². The third-order valence-electron chi connectivity index (χ3n) is 4.26. The van der Waals surface area contributed by atoms with Gasteiger partial charge in [-0.2, -0.15) is 0 Å². The fourth-order valence-electron chi connectivity index (χ4n) is 2.82. The Hall–Kier alpha value is -2.96. The van der Waals surface area contributed by atoms with Crippen LogP contribution in [0.25, 0.3) is 5.69 Å². The molecule has 0 aliphatic heterocycles. The van der Waals surface area contributed by atoms with Gasteiger partial charge in [0, 0.05) is 25.5 Å². The molecule has 0 aliphatic rings. The molecule has 0 radical (unpaired) electrons. The highest BCUT2D eigenvalue weighted by Crippen LogP contribution is 2.30. The van der Waals surface area contributed by atoms with Crippen LogP contribution in [0.15, 0.2) is 60.9 Å². The summed E-state index contributed by atoms with van der Waals surface area (Å²) in [6.07, 6.45) is 3.68. The zero-order valence-electron chi connectivity index (χ0n) is 15.9. The highest BCUT2D eigenvalue weighted by atomic mass is 35.5. The minimum absolute atomic E-state index is 0.163. The fourth-order valence-corrected chi connectivity index (χ4v) is 3.26. The van der Waals surface area contributed by atoms with Crippen LogP contribution >= 0.6 is 23.2 Å². The molecule has 3 aromatic rings. The van der Waals surface area contributed by atoms with E-state index in [2.05, 4.69) is 5.32 Å². The van der Waals surface area contributed by atoms with Crippen LogP contribution in [-0.4, -0.2) is 42.0 Å². The molecule has 0 fully saturated rings. The summed E-state index contributed by atoms with van der Waals surface area (Å²) in [7, 11) is 3.01. The van der Waals surface area contributed by atoms with Crippen molar-refractivity contribution < 1.29 is 14.3 Å². The number of nitrogens with one attached hydrogen (secondary N) is 1. The molecule has 0 saturated carbocycles. The van der Waals surface area contributed by atoms with Gasteiger partial charge >= 0.3 is 0 Å². The van der Waals surface area contributed by atoms with Crippen molar-refractivity contribution in [2.45, 2.75) is 0 Å². The molecule has 8 heteroatoms. The number of amides is 2. The summed E-state index contributed by atoms with van der Waals surface area (Å²) in [5, 5.41) is 3.50. The van der Waals surface area contributed by atoms with Gasteiger partial charge < -0.3 is 19.5 Å². The quantitative estimate of drug-likeness (QED) is 0.624. The fraction of sp³-hybridized carbons (Fsp3) is 0.143. The van der Waals surface area contributed by atoms with Crippen molar-refractivity contribution in [3.05, 3.63) is 76.5 Å². The van der Waals surface area contributed by atoms with E-state index >= 15 is 0 Å². The van der Waals surface area contributed by atoms with E-state index in [9.17, 15) is 9.59 Å². The van der Waals surface area contributed by atoms with Gasteiger partial charge in [0.15, 0.2) is 0 Å². The summed E-state index contributed by atoms with van der Waals surface area (Å²) >= 11 is 12.4. The number of methoxy groups -OCH3 is 1. The first-order valence-corrected chi connectivity index (χ1v) is 9.47. The van der Waals surface area contributed by atoms with Crippen LogP contribution in [0.1, 0.15) is 10.4 Å². The third-order valence-corrected chi connectivity index (χ3v) is 4.89. The van der Waals surface area contributed by atoms with Gasteiger partial charge in [-0.15, -0.1) is 0 Å². The number of carbonyl (C=O) groups is 2. The molecular weight excluding hydrogens is 413 g/mol. The summed E-state index contributed by atoms with van der Waals surface area (Å²) in [4.78, 5) is 26.5. The highest BCUT2D eigenvalue weighted by Gasteiger charge is 2.21. The zero-order valence-corrected chi connectivity index (χ0v) is 17.4. The van der Waals surface area contributed by atoms with Gasteiger partial charge in [-0.3, -0.25) is 9.59 Å². The number of carbonyl (C=O) groups excluding carboxylic acids is 2. The van der Waals surface area contributed by atoms with Crippen molar-refractivity contribution in [1.82, 2.24) is 9.47 Å². The summed E-state index contributed by atoms with van der Waals surface area (Å²) < 4.78 is 7.21. The van der Waals surface area contributed by atoms with Gasteiger partial charge in [-0.1, -0.05) is 35.3 Å². The van der Waals surface area contributed by atoms with Crippen LogP contribution in [0.3, 0.4) is 0 Å². The molecule has 6 nitrogen and oxygen atoms in total. The molecule has 2 aromatic carbocycles. The third kappa shape index (κ3) is 4.72. The van der Waals surface area contributed by atoms with Gasteiger partial charge in [0.1, 0.15) is 5.75 Å². The number of anilines is 1. The number of para-hydroxylation sites is 1. The average molecular weight is 432 g/mol. The lowest BCUT2D eigenvalue weighted by Crippen LogP contribution is -2.35. The van der Waals surface area contributed by atoms with Crippen molar-refractivity contribution >= 4 is 40.7 Å². The first kappa shape index (κ1) is 20.8. The monoisotopic (exact) mass is 431 g/mol. The smallest absolute Gasteiger partial charge is 0.257 e. The first-order chi connectivity index (χ1) is 13.9. The molecule has 1 heterocycles. The summed E-state index contributed by atoms with van der Waals surface area (Å²) in [5.41, 5.74) is 1.43. The van der Waals surface area contributed by atoms with E-state index in [1.54, 1.807) is 36.4 Å². The second kappa shape index (κ2) is 9.03. The van der Waals surface area contributed by atoms with Crippen molar-refractivity contribution in [2.24, 2.45) is 0 Å². The van der Waals surface area contributed by atoms with Gasteiger partial charge in [0.2, 0.25) is 5.91 Å². The minimum Gasteiger partial charge on any atom is -0.496 e. The molecule has 0 saturated heterocycles. The number of likely N-dealkylation sites (N-methyl/N-ethyl adjacent to an activating group) is 1. The van der Waals surface area contributed by atoms with E-state index < -0.39 is 5.91 Å². The number of nitrogens with zero attached hydrogens (tertiary/aromatic N) is 2. The summed E-state index contributed by atoms with van der Waals surface area (Å²) in [6, 6.07) is 13.8. The Bertz CT molecular complexity index is 1040. The maximum Gasteiger partial charge on any atom is 0.257 e.